The van der Waals surface area contributed by atoms with Gasteiger partial charge >= 0.3 is 0 Å². The molecule has 1 aliphatic rings. The van der Waals surface area contributed by atoms with Crippen LogP contribution in [-0.2, 0) is 6.54 Å². The van der Waals surface area contributed by atoms with Crippen molar-refractivity contribution in [1.29, 1.82) is 0 Å². The van der Waals surface area contributed by atoms with Gasteiger partial charge in [-0.3, -0.25) is 4.99 Å². The van der Waals surface area contributed by atoms with Crippen molar-refractivity contribution in [3.8, 4) is 0 Å². The number of hydrogen-bond acceptors (Lipinski definition) is 5. The van der Waals surface area contributed by atoms with Crippen molar-refractivity contribution in [2.45, 2.75) is 19.4 Å². The summed E-state index contributed by atoms with van der Waals surface area (Å²) in [5.41, 5.74) is 1.22. The molecule has 2 aromatic heterocycles. The van der Waals surface area contributed by atoms with Gasteiger partial charge in [0.25, 0.3) is 0 Å². The van der Waals surface area contributed by atoms with Crippen LogP contribution in [0.1, 0.15) is 23.3 Å². The molecule has 3 rings (SSSR count). The van der Waals surface area contributed by atoms with Crippen LogP contribution in [0.5, 0.6) is 0 Å². The lowest BCUT2D eigenvalue weighted by Crippen LogP contribution is -2.44. The number of halogens is 1. The van der Waals surface area contributed by atoms with Crippen LogP contribution < -0.4 is 15.5 Å². The minimum absolute atomic E-state index is 0. The van der Waals surface area contributed by atoms with Crippen molar-refractivity contribution in [3.63, 3.8) is 0 Å². The van der Waals surface area contributed by atoms with Gasteiger partial charge in [0.2, 0.25) is 0 Å². The Labute approximate surface area is 189 Å². The van der Waals surface area contributed by atoms with Crippen molar-refractivity contribution in [2.75, 3.05) is 51.7 Å². The second-order valence-corrected chi connectivity index (χ2v) is 8.02. The zero-order valence-electron chi connectivity index (χ0n) is 16.9. The molecule has 1 saturated heterocycles. The predicted molar refractivity (Wildman–Crippen MR) is 130 cm³/mol. The smallest absolute Gasteiger partial charge is 0.191 e. The maximum atomic E-state index is 4.56. The van der Waals surface area contributed by atoms with Crippen LogP contribution in [0.4, 0.5) is 5.82 Å². The highest BCUT2D eigenvalue weighted by Crippen LogP contribution is 2.19. The summed E-state index contributed by atoms with van der Waals surface area (Å²) >= 11 is 1.80. The highest BCUT2D eigenvalue weighted by Gasteiger charge is 2.15. The number of piperazine rings is 1. The Morgan fingerprint density at radius 2 is 2.04 bits per heavy atom. The Hall–Kier alpha value is -1.39. The molecule has 0 aliphatic carbocycles. The summed E-state index contributed by atoms with van der Waals surface area (Å²) in [6.07, 6.45) is 1.90. The summed E-state index contributed by atoms with van der Waals surface area (Å²) in [5.74, 6) is 2.36. The largest absolute Gasteiger partial charge is 0.356 e. The second kappa shape index (κ2) is 11.6. The van der Waals surface area contributed by atoms with E-state index in [1.165, 1.54) is 10.4 Å². The molecule has 6 nitrogen and oxygen atoms in total. The molecule has 28 heavy (non-hydrogen) atoms. The first-order valence-electron chi connectivity index (χ1n) is 9.52. The van der Waals surface area contributed by atoms with E-state index in [0.717, 1.165) is 51.0 Å². The summed E-state index contributed by atoms with van der Waals surface area (Å²) < 4.78 is 0. The molecule has 1 aliphatic heterocycles. The van der Waals surface area contributed by atoms with Crippen molar-refractivity contribution >= 4 is 47.1 Å². The lowest BCUT2D eigenvalue weighted by Gasteiger charge is -2.33. The van der Waals surface area contributed by atoms with Gasteiger partial charge in [-0.2, -0.15) is 0 Å². The van der Waals surface area contributed by atoms with Crippen molar-refractivity contribution in [3.05, 3.63) is 46.3 Å². The third-order valence-corrected chi connectivity index (χ3v) is 6.03. The van der Waals surface area contributed by atoms with E-state index in [9.17, 15) is 0 Å². The van der Waals surface area contributed by atoms with Crippen LogP contribution >= 0.6 is 35.3 Å². The molecule has 3 heterocycles. The third kappa shape index (κ3) is 6.59. The van der Waals surface area contributed by atoms with Crippen LogP contribution in [0.25, 0.3) is 0 Å². The number of pyridine rings is 1. The van der Waals surface area contributed by atoms with E-state index in [1.54, 1.807) is 11.3 Å². The van der Waals surface area contributed by atoms with E-state index in [0.29, 0.717) is 5.92 Å². The van der Waals surface area contributed by atoms with Crippen LogP contribution in [0.15, 0.2) is 40.8 Å². The molecule has 0 aromatic carbocycles. The molecule has 8 heteroatoms. The average molecular weight is 514 g/mol. The minimum atomic E-state index is 0. The number of hydrogen-bond donors (Lipinski definition) is 2. The molecule has 1 unspecified atom stereocenters. The topological polar surface area (TPSA) is 55.8 Å². The molecule has 1 fully saturated rings. The number of nitrogens with one attached hydrogen (secondary N) is 2. The molecule has 0 amide bonds. The second-order valence-electron chi connectivity index (χ2n) is 7.04. The van der Waals surface area contributed by atoms with Crippen molar-refractivity contribution in [2.24, 2.45) is 4.99 Å². The monoisotopic (exact) mass is 514 g/mol. The van der Waals surface area contributed by atoms with Crippen LogP contribution in [0.2, 0.25) is 0 Å². The molecular formula is C20H31IN6S. The highest BCUT2D eigenvalue weighted by molar-refractivity contribution is 14.0. The van der Waals surface area contributed by atoms with Gasteiger partial charge in [0.15, 0.2) is 5.96 Å². The van der Waals surface area contributed by atoms with Crippen LogP contribution in [-0.4, -0.2) is 62.7 Å². The zero-order chi connectivity index (χ0) is 19.1. The van der Waals surface area contributed by atoms with Gasteiger partial charge in [-0.25, -0.2) is 4.98 Å². The Morgan fingerprint density at radius 1 is 1.25 bits per heavy atom. The maximum Gasteiger partial charge on any atom is 0.191 e. The number of aliphatic imine (C=N–C) groups is 1. The molecule has 2 N–H and O–H groups in total. The molecule has 0 saturated carbocycles. The van der Waals surface area contributed by atoms with E-state index in [4.69, 9.17) is 0 Å². The van der Waals surface area contributed by atoms with Gasteiger partial charge in [0.1, 0.15) is 5.82 Å². The number of anilines is 1. The summed E-state index contributed by atoms with van der Waals surface area (Å²) in [6.45, 7) is 8.07. The van der Waals surface area contributed by atoms with Gasteiger partial charge in [-0.15, -0.1) is 35.3 Å². The average Bonchev–Trinajstić information content (AvgIpc) is 3.24. The minimum Gasteiger partial charge on any atom is -0.356 e. The highest BCUT2D eigenvalue weighted by atomic mass is 127. The number of aromatic nitrogens is 1. The summed E-state index contributed by atoms with van der Waals surface area (Å²) in [5, 5.41) is 8.96. The van der Waals surface area contributed by atoms with E-state index >= 15 is 0 Å². The first-order chi connectivity index (χ1) is 13.2. The number of rotatable bonds is 6. The Morgan fingerprint density at radius 3 is 2.71 bits per heavy atom. The van der Waals surface area contributed by atoms with Gasteiger partial charge in [0.05, 0.1) is 0 Å². The summed E-state index contributed by atoms with van der Waals surface area (Å²) in [4.78, 5) is 15.0. The Balaban J connectivity index is 0.00000280. The lowest BCUT2D eigenvalue weighted by atomic mass is 10.1. The van der Waals surface area contributed by atoms with Gasteiger partial charge < -0.3 is 20.4 Å². The lowest BCUT2D eigenvalue weighted by molar-refractivity contribution is 0.312. The van der Waals surface area contributed by atoms with Gasteiger partial charge in [-0.1, -0.05) is 13.0 Å². The van der Waals surface area contributed by atoms with E-state index in [1.807, 2.05) is 13.2 Å². The Bertz CT molecular complexity index is 728. The van der Waals surface area contributed by atoms with Gasteiger partial charge in [0, 0.05) is 63.3 Å². The van der Waals surface area contributed by atoms with Crippen molar-refractivity contribution in [1.82, 2.24) is 20.5 Å². The number of guanidine groups is 1. The number of nitrogens with zero attached hydrogens (tertiary/aromatic N) is 4. The van der Waals surface area contributed by atoms with Gasteiger partial charge in [-0.05, 0) is 36.2 Å². The summed E-state index contributed by atoms with van der Waals surface area (Å²) in [7, 11) is 3.98. The summed E-state index contributed by atoms with van der Waals surface area (Å²) in [6, 6.07) is 8.53. The predicted octanol–water partition coefficient (Wildman–Crippen LogP) is 2.98. The molecule has 1 atom stereocenters. The van der Waals surface area contributed by atoms with Crippen LogP contribution in [0, 0.1) is 0 Å². The zero-order valence-corrected chi connectivity index (χ0v) is 20.0. The third-order valence-electron chi connectivity index (χ3n) is 4.93. The fraction of sp³-hybridized carbons (Fsp3) is 0.500. The number of likely N-dealkylation sites (N-methyl/N-ethyl adjacent to an activating group) is 1. The first kappa shape index (κ1) is 22.9. The molecule has 0 bridgehead atoms. The SMILES string of the molecule is CN=C(NCc1ccnc(N2CCN(C)CC2)c1)NCC(C)c1cccs1.I. The molecule has 0 radical (unpaired) electrons. The fourth-order valence-electron chi connectivity index (χ4n) is 3.11. The standard InChI is InChI=1S/C20H30N6S.HI/c1-16(18-5-4-12-27-18)14-23-20(21-2)24-15-17-6-7-22-19(13-17)26-10-8-25(3)9-11-26;/h4-7,12-13,16H,8-11,14-15H2,1-3H3,(H2,21,23,24);1H. The van der Waals surface area contributed by atoms with E-state index in [2.05, 4.69) is 74.0 Å². The number of thiophene rings is 1. The fourth-order valence-corrected chi connectivity index (χ4v) is 3.89. The molecule has 2 aromatic rings. The molecular weight excluding hydrogens is 483 g/mol. The van der Waals surface area contributed by atoms with Crippen LogP contribution in [0.3, 0.4) is 0 Å². The first-order valence-corrected chi connectivity index (χ1v) is 10.4. The molecule has 0 spiro atoms. The normalized spacial score (nSPS) is 16.4. The van der Waals surface area contributed by atoms with Crippen molar-refractivity contribution < 1.29 is 0 Å². The van der Waals surface area contributed by atoms with E-state index < -0.39 is 0 Å². The Kier molecular flexibility index (Phi) is 9.46. The molecule has 154 valence electrons. The quantitative estimate of drug-likeness (QED) is 0.353. The maximum absolute atomic E-state index is 4.56. The van der Waals surface area contributed by atoms with E-state index in [-0.39, 0.29) is 24.0 Å².